The Hall–Kier alpha value is -3.50. The van der Waals surface area contributed by atoms with E-state index in [2.05, 4.69) is 16.9 Å². The van der Waals surface area contributed by atoms with Crippen LogP contribution in [0.3, 0.4) is 0 Å². The number of sulfonamides is 1. The first-order chi connectivity index (χ1) is 17.9. The number of amides is 1. The first-order valence-corrected chi connectivity index (χ1v) is 14.6. The smallest absolute Gasteiger partial charge is 0.421 e. The van der Waals surface area contributed by atoms with Gasteiger partial charge in [0.15, 0.2) is 10.8 Å². The zero-order valence-electron chi connectivity index (χ0n) is 20.9. The number of nitrogens with one attached hydrogen (secondary N) is 1. The average molecular weight is 539 g/mol. The number of nitrogens with zero attached hydrogens (tertiary/aromatic N) is 3. The zero-order chi connectivity index (χ0) is 26.3. The minimum Gasteiger partial charge on any atom is -0.449 e. The van der Waals surface area contributed by atoms with Gasteiger partial charge in [0.1, 0.15) is 0 Å². The van der Waals surface area contributed by atoms with Crippen LogP contribution in [0.5, 0.6) is 0 Å². The SMILES string of the molecule is CCCCOC(=O)NS(=O)(=O)c1ccc(CCC)cc1-c1ccc(Cn2ccnc2-c2nccs2)cc1. The third-order valence-electron chi connectivity index (χ3n) is 5.78. The summed E-state index contributed by atoms with van der Waals surface area (Å²) in [6.45, 7) is 4.80. The van der Waals surface area contributed by atoms with Gasteiger partial charge in [0.2, 0.25) is 0 Å². The van der Waals surface area contributed by atoms with Gasteiger partial charge in [0.25, 0.3) is 10.0 Å². The lowest BCUT2D eigenvalue weighted by Crippen LogP contribution is -2.31. The molecule has 0 saturated carbocycles. The first-order valence-electron chi connectivity index (χ1n) is 12.2. The lowest BCUT2D eigenvalue weighted by Gasteiger charge is -2.14. The maximum atomic E-state index is 13.1. The van der Waals surface area contributed by atoms with Crippen LogP contribution in [-0.4, -0.2) is 35.7 Å². The van der Waals surface area contributed by atoms with Crippen LogP contribution in [0, 0.1) is 0 Å². The lowest BCUT2D eigenvalue weighted by molar-refractivity contribution is 0.151. The van der Waals surface area contributed by atoms with Gasteiger partial charge in [-0.3, -0.25) is 0 Å². The summed E-state index contributed by atoms with van der Waals surface area (Å²) < 4.78 is 35.4. The summed E-state index contributed by atoms with van der Waals surface area (Å²) in [6.07, 6.45) is 7.70. The zero-order valence-corrected chi connectivity index (χ0v) is 22.5. The Morgan fingerprint density at radius 2 is 1.81 bits per heavy atom. The van der Waals surface area contributed by atoms with E-state index in [-0.39, 0.29) is 11.5 Å². The van der Waals surface area contributed by atoms with Crippen LogP contribution < -0.4 is 4.72 Å². The van der Waals surface area contributed by atoms with Crippen molar-refractivity contribution >= 4 is 27.5 Å². The van der Waals surface area contributed by atoms with Gasteiger partial charge in [0, 0.05) is 36.1 Å². The Balaban J connectivity index is 1.60. The number of imidazole rings is 1. The van der Waals surface area contributed by atoms with E-state index in [1.165, 1.54) is 11.3 Å². The van der Waals surface area contributed by atoms with Crippen LogP contribution >= 0.6 is 11.3 Å². The predicted octanol–water partition coefficient (Wildman–Crippen LogP) is 5.89. The van der Waals surface area contributed by atoms with Crippen LogP contribution in [0.2, 0.25) is 0 Å². The largest absolute Gasteiger partial charge is 0.449 e. The molecule has 2 aromatic carbocycles. The maximum Gasteiger partial charge on any atom is 0.421 e. The highest BCUT2D eigenvalue weighted by molar-refractivity contribution is 7.90. The van der Waals surface area contributed by atoms with Crippen LogP contribution in [0.4, 0.5) is 4.79 Å². The topological polar surface area (TPSA) is 103 Å². The quantitative estimate of drug-likeness (QED) is 0.239. The van der Waals surface area contributed by atoms with Gasteiger partial charge in [-0.15, -0.1) is 11.3 Å². The van der Waals surface area contributed by atoms with Crippen molar-refractivity contribution in [1.29, 1.82) is 0 Å². The molecule has 0 bridgehead atoms. The lowest BCUT2D eigenvalue weighted by atomic mass is 10.00. The van der Waals surface area contributed by atoms with Gasteiger partial charge in [-0.1, -0.05) is 57.0 Å². The standard InChI is InChI=1S/C27H30N4O4S2/c1-3-5-16-35-27(32)30-37(33,34)24-12-9-20(6-4-2)18-23(24)22-10-7-21(8-11-22)19-31-15-13-28-25(31)26-29-14-17-36-26/h7-15,17-18H,3-6,16,19H2,1-2H3,(H,30,32). The Kier molecular flexibility index (Phi) is 8.73. The van der Waals surface area contributed by atoms with Crippen molar-refractivity contribution in [2.45, 2.75) is 51.0 Å². The fraction of sp³-hybridized carbons (Fsp3) is 0.296. The van der Waals surface area contributed by atoms with E-state index in [1.54, 1.807) is 24.5 Å². The Morgan fingerprint density at radius 1 is 1.03 bits per heavy atom. The van der Waals surface area contributed by atoms with Crippen molar-refractivity contribution in [3.8, 4) is 22.0 Å². The van der Waals surface area contributed by atoms with Crippen LogP contribution in [0.15, 0.2) is 71.3 Å². The molecule has 8 nitrogen and oxygen atoms in total. The molecule has 0 aliphatic heterocycles. The summed E-state index contributed by atoms with van der Waals surface area (Å²) in [7, 11) is -4.13. The molecule has 10 heteroatoms. The number of hydrogen-bond donors (Lipinski definition) is 1. The molecular weight excluding hydrogens is 508 g/mol. The van der Waals surface area contributed by atoms with Gasteiger partial charge in [-0.05, 0) is 41.7 Å². The molecule has 0 aliphatic carbocycles. The molecule has 4 rings (SSSR count). The number of benzene rings is 2. The number of rotatable bonds is 11. The van der Waals surface area contributed by atoms with E-state index in [4.69, 9.17) is 4.74 Å². The third kappa shape index (κ3) is 6.64. The van der Waals surface area contributed by atoms with Crippen molar-refractivity contribution in [3.05, 3.63) is 77.6 Å². The van der Waals surface area contributed by atoms with Gasteiger partial charge in [0.05, 0.1) is 11.5 Å². The number of aryl methyl sites for hydroxylation is 1. The second-order valence-electron chi connectivity index (χ2n) is 8.59. The number of aromatic nitrogens is 3. The molecule has 0 aliphatic rings. The number of ether oxygens (including phenoxy) is 1. The van der Waals surface area contributed by atoms with Crippen molar-refractivity contribution in [2.75, 3.05) is 6.61 Å². The molecule has 194 valence electrons. The van der Waals surface area contributed by atoms with Gasteiger partial charge >= 0.3 is 6.09 Å². The van der Waals surface area contributed by atoms with Gasteiger partial charge < -0.3 is 9.30 Å². The van der Waals surface area contributed by atoms with E-state index in [1.807, 2.05) is 58.1 Å². The summed E-state index contributed by atoms with van der Waals surface area (Å²) in [5.41, 5.74) is 3.34. The van der Waals surface area contributed by atoms with Crippen molar-refractivity contribution in [2.24, 2.45) is 0 Å². The molecule has 2 aromatic heterocycles. The molecule has 37 heavy (non-hydrogen) atoms. The van der Waals surface area contributed by atoms with Crippen LogP contribution in [-0.2, 0) is 27.7 Å². The normalized spacial score (nSPS) is 11.4. The van der Waals surface area contributed by atoms with Gasteiger partial charge in [-0.25, -0.2) is 27.9 Å². The highest BCUT2D eigenvalue weighted by Gasteiger charge is 2.23. The number of thiazole rings is 1. The monoisotopic (exact) mass is 538 g/mol. The van der Waals surface area contributed by atoms with E-state index in [0.717, 1.165) is 46.8 Å². The van der Waals surface area contributed by atoms with Crippen LogP contribution in [0.25, 0.3) is 22.0 Å². The molecule has 4 aromatic rings. The number of unbranched alkanes of at least 4 members (excludes halogenated alkanes) is 1. The van der Waals surface area contributed by atoms with E-state index < -0.39 is 16.1 Å². The number of hydrogen-bond acceptors (Lipinski definition) is 7. The summed E-state index contributed by atoms with van der Waals surface area (Å²) >= 11 is 1.53. The molecule has 2 heterocycles. The minimum absolute atomic E-state index is 0.0354. The molecule has 0 spiro atoms. The van der Waals surface area contributed by atoms with Crippen molar-refractivity contribution in [3.63, 3.8) is 0 Å². The van der Waals surface area contributed by atoms with Crippen molar-refractivity contribution in [1.82, 2.24) is 19.3 Å². The summed E-state index contributed by atoms with van der Waals surface area (Å²) in [4.78, 5) is 20.9. The maximum absolute atomic E-state index is 13.1. The summed E-state index contributed by atoms with van der Waals surface area (Å²) in [6, 6.07) is 13.0. The Labute approximate surface area is 221 Å². The molecule has 0 radical (unpaired) electrons. The van der Waals surface area contributed by atoms with E-state index >= 15 is 0 Å². The molecule has 0 saturated heterocycles. The van der Waals surface area contributed by atoms with Crippen molar-refractivity contribution < 1.29 is 17.9 Å². The van der Waals surface area contributed by atoms with E-state index in [0.29, 0.717) is 18.5 Å². The van der Waals surface area contributed by atoms with Gasteiger partial charge in [-0.2, -0.15) is 0 Å². The number of carbonyl (C=O) groups excluding carboxylic acids is 1. The molecule has 1 amide bonds. The fourth-order valence-electron chi connectivity index (χ4n) is 3.94. The summed E-state index contributed by atoms with van der Waals surface area (Å²) in [5.74, 6) is 0.802. The molecule has 0 fully saturated rings. The highest BCUT2D eigenvalue weighted by atomic mass is 32.2. The molecular formula is C27H30N4O4S2. The Bertz CT molecular complexity index is 1430. The molecule has 0 atom stereocenters. The Morgan fingerprint density at radius 3 is 2.51 bits per heavy atom. The fourth-order valence-corrected chi connectivity index (χ4v) is 5.69. The molecule has 1 N–H and O–H groups in total. The second kappa shape index (κ2) is 12.2. The highest BCUT2D eigenvalue weighted by Crippen LogP contribution is 2.30. The molecule has 0 unspecified atom stereocenters. The minimum atomic E-state index is -4.13. The summed E-state index contributed by atoms with van der Waals surface area (Å²) in [5, 5.41) is 2.77. The first kappa shape index (κ1) is 26.6. The average Bonchev–Trinajstić information content (AvgIpc) is 3.57. The van der Waals surface area contributed by atoms with Crippen LogP contribution in [0.1, 0.15) is 44.2 Å². The predicted molar refractivity (Wildman–Crippen MR) is 145 cm³/mol. The third-order valence-corrected chi connectivity index (χ3v) is 7.92. The number of carbonyl (C=O) groups is 1. The van der Waals surface area contributed by atoms with E-state index in [9.17, 15) is 13.2 Å². The second-order valence-corrected chi connectivity index (χ2v) is 11.1.